The van der Waals surface area contributed by atoms with Crippen molar-refractivity contribution in [3.8, 4) is 0 Å². The first kappa shape index (κ1) is 16.7. The van der Waals surface area contributed by atoms with Crippen LogP contribution in [0.5, 0.6) is 0 Å². The minimum atomic E-state index is -0.776. The van der Waals surface area contributed by atoms with Gasteiger partial charge in [0.25, 0.3) is 0 Å². The molecule has 0 heterocycles. The van der Waals surface area contributed by atoms with Gasteiger partial charge in [-0.05, 0) is 30.9 Å². The molecule has 0 aliphatic rings. The molecule has 0 bridgehead atoms. The van der Waals surface area contributed by atoms with Crippen molar-refractivity contribution in [1.29, 1.82) is 0 Å². The van der Waals surface area contributed by atoms with Crippen LogP contribution in [0.3, 0.4) is 0 Å². The molecule has 3 nitrogen and oxygen atoms in total. The number of benzene rings is 1. The number of carbonyl (C=O) groups excluding carboxylic acids is 1. The van der Waals surface area contributed by atoms with Crippen molar-refractivity contribution in [2.75, 3.05) is 6.61 Å². The number of carbonyl (C=O) groups is 1. The topological polar surface area (TPSA) is 46.5 Å². The average Bonchev–Trinajstić information content (AvgIpc) is 2.46. The fourth-order valence-corrected chi connectivity index (χ4v) is 1.81. The van der Waals surface area contributed by atoms with E-state index in [-0.39, 0.29) is 11.9 Å². The maximum atomic E-state index is 11.5. The summed E-state index contributed by atoms with van der Waals surface area (Å²) >= 11 is 0. The lowest BCUT2D eigenvalue weighted by molar-refractivity contribution is -0.147. The van der Waals surface area contributed by atoms with Crippen LogP contribution in [0.25, 0.3) is 0 Å². The van der Waals surface area contributed by atoms with Crippen LogP contribution in [0.1, 0.15) is 51.7 Å². The zero-order chi connectivity index (χ0) is 15.2. The zero-order valence-corrected chi connectivity index (χ0v) is 13.0. The molecule has 0 aliphatic carbocycles. The van der Waals surface area contributed by atoms with E-state index < -0.39 is 5.60 Å². The molecule has 20 heavy (non-hydrogen) atoms. The van der Waals surface area contributed by atoms with Crippen LogP contribution < -0.4 is 0 Å². The molecule has 112 valence electrons. The van der Waals surface area contributed by atoms with Crippen molar-refractivity contribution < 1.29 is 14.6 Å². The Hall–Kier alpha value is -1.35. The third-order valence-corrected chi connectivity index (χ3v) is 3.91. The van der Waals surface area contributed by atoms with Gasteiger partial charge in [0, 0.05) is 6.42 Å². The largest absolute Gasteiger partial charge is 0.465 e. The molecular formula is C17H26O3. The van der Waals surface area contributed by atoms with E-state index in [1.165, 1.54) is 0 Å². The molecule has 1 aromatic carbocycles. The first-order valence-corrected chi connectivity index (χ1v) is 7.39. The van der Waals surface area contributed by atoms with Gasteiger partial charge in [0.2, 0.25) is 0 Å². The first-order valence-electron chi connectivity index (χ1n) is 7.39. The molecule has 0 radical (unpaired) electrons. The molecule has 1 aromatic rings. The molecule has 1 N–H and O–H groups in total. The average molecular weight is 278 g/mol. The van der Waals surface area contributed by atoms with Crippen LogP contribution in [-0.2, 0) is 21.6 Å². The van der Waals surface area contributed by atoms with Crippen LogP contribution in [-0.4, -0.2) is 17.7 Å². The highest BCUT2D eigenvalue weighted by atomic mass is 16.5. The third kappa shape index (κ3) is 4.64. The van der Waals surface area contributed by atoms with Crippen LogP contribution >= 0.6 is 0 Å². The number of aliphatic hydroxyl groups is 1. The Balaban J connectivity index is 2.49. The van der Waals surface area contributed by atoms with Gasteiger partial charge in [-0.2, -0.15) is 0 Å². The second-order valence-corrected chi connectivity index (χ2v) is 5.55. The summed E-state index contributed by atoms with van der Waals surface area (Å²) in [6.45, 7) is 8.04. The Labute approximate surface area is 122 Å². The van der Waals surface area contributed by atoms with Crippen molar-refractivity contribution in [1.82, 2.24) is 0 Å². The van der Waals surface area contributed by atoms with Crippen molar-refractivity contribution >= 4 is 5.97 Å². The summed E-state index contributed by atoms with van der Waals surface area (Å²) in [5.41, 5.74) is 1.25. The first-order chi connectivity index (χ1) is 9.40. The fourth-order valence-electron chi connectivity index (χ4n) is 1.81. The van der Waals surface area contributed by atoms with Crippen molar-refractivity contribution in [3.05, 3.63) is 35.4 Å². The molecule has 0 saturated heterocycles. The van der Waals surface area contributed by atoms with Crippen molar-refractivity contribution in [2.24, 2.45) is 5.92 Å². The summed E-state index contributed by atoms with van der Waals surface area (Å²) in [7, 11) is 0. The highest BCUT2D eigenvalue weighted by molar-refractivity contribution is 5.71. The maximum Gasteiger partial charge on any atom is 0.308 e. The SMILES string of the molecule is CCC(C)C(=O)OCCc1ccc(C(C)(O)CC)cc1. The quantitative estimate of drug-likeness (QED) is 0.777. The van der Waals surface area contributed by atoms with Crippen molar-refractivity contribution in [3.63, 3.8) is 0 Å². The number of hydrogen-bond donors (Lipinski definition) is 1. The number of rotatable bonds is 7. The van der Waals surface area contributed by atoms with Gasteiger partial charge in [-0.3, -0.25) is 4.79 Å². The molecule has 0 aromatic heterocycles. The van der Waals surface area contributed by atoms with E-state index in [1.807, 2.05) is 52.0 Å². The summed E-state index contributed by atoms with van der Waals surface area (Å²) in [6.07, 6.45) is 2.19. The molecule has 2 unspecified atom stereocenters. The van der Waals surface area contributed by atoms with E-state index in [9.17, 15) is 9.90 Å². The van der Waals surface area contributed by atoms with Gasteiger partial charge in [-0.1, -0.05) is 45.0 Å². The molecule has 0 fully saturated rings. The smallest absolute Gasteiger partial charge is 0.308 e. The maximum absolute atomic E-state index is 11.5. The predicted octanol–water partition coefficient (Wildman–Crippen LogP) is 3.44. The molecule has 3 heteroatoms. The second kappa shape index (κ2) is 7.44. The fraction of sp³-hybridized carbons (Fsp3) is 0.588. The van der Waals surface area contributed by atoms with E-state index in [0.29, 0.717) is 19.4 Å². The van der Waals surface area contributed by atoms with E-state index >= 15 is 0 Å². The molecular weight excluding hydrogens is 252 g/mol. The normalized spacial score (nSPS) is 15.4. The summed E-state index contributed by atoms with van der Waals surface area (Å²) in [5, 5.41) is 10.2. The van der Waals surface area contributed by atoms with Crippen LogP contribution in [0.15, 0.2) is 24.3 Å². The Bertz CT molecular complexity index is 420. The van der Waals surface area contributed by atoms with E-state index in [1.54, 1.807) is 0 Å². The van der Waals surface area contributed by atoms with Gasteiger partial charge in [-0.15, -0.1) is 0 Å². The summed E-state index contributed by atoms with van der Waals surface area (Å²) in [5.74, 6) is -0.157. The third-order valence-electron chi connectivity index (χ3n) is 3.91. The Kier molecular flexibility index (Phi) is 6.21. The lowest BCUT2D eigenvalue weighted by atomic mass is 9.92. The lowest BCUT2D eigenvalue weighted by Crippen LogP contribution is -2.19. The monoisotopic (exact) mass is 278 g/mol. The van der Waals surface area contributed by atoms with Gasteiger partial charge in [-0.25, -0.2) is 0 Å². The van der Waals surface area contributed by atoms with E-state index in [4.69, 9.17) is 4.74 Å². The predicted molar refractivity (Wildman–Crippen MR) is 80.4 cm³/mol. The standard InChI is InChI=1S/C17H26O3/c1-5-13(3)16(18)20-12-11-14-7-9-15(10-8-14)17(4,19)6-2/h7-10,13,19H,5-6,11-12H2,1-4H3. The Morgan fingerprint density at radius 2 is 1.90 bits per heavy atom. The van der Waals surface area contributed by atoms with Gasteiger partial charge in [0.05, 0.1) is 18.1 Å². The highest BCUT2D eigenvalue weighted by Gasteiger charge is 2.19. The molecule has 0 aliphatic heterocycles. The molecule has 1 rings (SSSR count). The highest BCUT2D eigenvalue weighted by Crippen LogP contribution is 2.24. The number of hydrogen-bond acceptors (Lipinski definition) is 3. The number of esters is 1. The summed E-state index contributed by atoms with van der Waals surface area (Å²) in [4.78, 5) is 11.5. The molecule has 0 spiro atoms. The minimum absolute atomic E-state index is 0.0305. The molecule has 2 atom stereocenters. The minimum Gasteiger partial charge on any atom is -0.465 e. The van der Waals surface area contributed by atoms with Crippen LogP contribution in [0.2, 0.25) is 0 Å². The van der Waals surface area contributed by atoms with Crippen LogP contribution in [0.4, 0.5) is 0 Å². The molecule has 0 saturated carbocycles. The van der Waals surface area contributed by atoms with Gasteiger partial charge >= 0.3 is 5.97 Å². The second-order valence-electron chi connectivity index (χ2n) is 5.55. The summed E-state index contributed by atoms with van der Waals surface area (Å²) in [6, 6.07) is 7.84. The van der Waals surface area contributed by atoms with Gasteiger partial charge in [0.1, 0.15) is 0 Å². The lowest BCUT2D eigenvalue weighted by Gasteiger charge is -2.22. The number of ether oxygens (including phenoxy) is 1. The van der Waals surface area contributed by atoms with Gasteiger partial charge in [0.15, 0.2) is 0 Å². The van der Waals surface area contributed by atoms with E-state index in [0.717, 1.165) is 17.5 Å². The zero-order valence-electron chi connectivity index (χ0n) is 13.0. The summed E-state index contributed by atoms with van der Waals surface area (Å²) < 4.78 is 5.23. The van der Waals surface area contributed by atoms with Crippen LogP contribution in [0, 0.1) is 5.92 Å². The van der Waals surface area contributed by atoms with Crippen molar-refractivity contribution in [2.45, 2.75) is 52.6 Å². The Morgan fingerprint density at radius 3 is 2.40 bits per heavy atom. The van der Waals surface area contributed by atoms with Gasteiger partial charge < -0.3 is 9.84 Å². The van der Waals surface area contributed by atoms with E-state index in [2.05, 4.69) is 0 Å². The Morgan fingerprint density at radius 1 is 1.30 bits per heavy atom. The molecule has 0 amide bonds.